The fourth-order valence-electron chi connectivity index (χ4n) is 0.756. The lowest BCUT2D eigenvalue weighted by molar-refractivity contribution is 0.344. The Balaban J connectivity index is 2.44. The van der Waals surface area contributed by atoms with Crippen LogP contribution in [0, 0.1) is 0 Å². The first kappa shape index (κ1) is 8.46. The molecule has 0 spiro atoms. The minimum absolute atomic E-state index is 0.637. The summed E-state index contributed by atoms with van der Waals surface area (Å²) in [6, 6.07) is 0. The minimum Gasteiger partial charge on any atom is -0.489 e. The van der Waals surface area contributed by atoms with Gasteiger partial charge in [-0.05, 0) is 6.92 Å². The fraction of sp³-hybridized carbons (Fsp3) is 0.571. The van der Waals surface area contributed by atoms with Crippen LogP contribution >= 0.6 is 12.6 Å². The van der Waals surface area contributed by atoms with Crippen LogP contribution in [0.4, 0.5) is 0 Å². The van der Waals surface area contributed by atoms with Crippen molar-refractivity contribution in [2.45, 2.75) is 13.5 Å². The van der Waals surface area contributed by atoms with Gasteiger partial charge in [0.25, 0.3) is 0 Å². The van der Waals surface area contributed by atoms with Crippen molar-refractivity contribution >= 4 is 12.6 Å². The van der Waals surface area contributed by atoms with Gasteiger partial charge in [-0.15, -0.1) is 0 Å². The van der Waals surface area contributed by atoms with Crippen molar-refractivity contribution in [3.8, 4) is 5.75 Å². The predicted octanol–water partition coefficient (Wildman–Crippen LogP) is 1.21. The molecule has 1 aromatic rings. The second-order valence-electron chi connectivity index (χ2n) is 2.10. The van der Waals surface area contributed by atoms with E-state index in [4.69, 9.17) is 4.74 Å². The molecule has 0 amide bonds. The Hall–Kier alpha value is -0.640. The average Bonchev–Trinajstić information content (AvgIpc) is 2.48. The lowest BCUT2D eigenvalue weighted by Gasteiger charge is -1.97. The maximum absolute atomic E-state index is 5.28. The van der Waals surface area contributed by atoms with Gasteiger partial charge in [-0.2, -0.15) is 17.7 Å². The van der Waals surface area contributed by atoms with E-state index in [1.165, 1.54) is 0 Å². The van der Waals surface area contributed by atoms with E-state index in [-0.39, 0.29) is 0 Å². The largest absolute Gasteiger partial charge is 0.489 e. The highest BCUT2D eigenvalue weighted by atomic mass is 32.1. The Bertz CT molecular complexity index is 212. The van der Waals surface area contributed by atoms with Gasteiger partial charge in [-0.3, -0.25) is 4.68 Å². The van der Waals surface area contributed by atoms with Crippen LogP contribution in [0.2, 0.25) is 0 Å². The van der Waals surface area contributed by atoms with Crippen molar-refractivity contribution in [2.75, 3.05) is 12.4 Å². The molecule has 0 N–H and O–H groups in total. The molecule has 0 radical (unpaired) electrons. The molecule has 0 unspecified atom stereocenters. The van der Waals surface area contributed by atoms with Gasteiger partial charge in [0.1, 0.15) is 0 Å². The first-order valence-electron chi connectivity index (χ1n) is 3.63. The number of ether oxygens (including phenoxy) is 1. The summed E-state index contributed by atoms with van der Waals surface area (Å²) in [5, 5.41) is 4.05. The molecule has 0 aromatic carbocycles. The molecule has 1 aromatic heterocycles. The Morgan fingerprint density at radius 2 is 2.55 bits per heavy atom. The van der Waals surface area contributed by atoms with E-state index in [2.05, 4.69) is 17.7 Å². The zero-order chi connectivity index (χ0) is 8.10. The van der Waals surface area contributed by atoms with Gasteiger partial charge < -0.3 is 4.74 Å². The molecule has 1 heterocycles. The highest BCUT2D eigenvalue weighted by Crippen LogP contribution is 2.07. The number of hydrogen-bond donors (Lipinski definition) is 1. The van der Waals surface area contributed by atoms with E-state index in [1.54, 1.807) is 6.20 Å². The predicted molar refractivity (Wildman–Crippen MR) is 47.2 cm³/mol. The van der Waals surface area contributed by atoms with Crippen LogP contribution in [0.1, 0.15) is 6.92 Å². The average molecular weight is 172 g/mol. The number of thiol groups is 1. The molecule has 0 saturated carbocycles. The monoisotopic (exact) mass is 172 g/mol. The number of nitrogens with zero attached hydrogens (tertiary/aromatic N) is 2. The molecule has 62 valence electrons. The summed E-state index contributed by atoms with van der Waals surface area (Å²) in [5.74, 6) is 1.55. The van der Waals surface area contributed by atoms with Gasteiger partial charge in [0, 0.05) is 12.3 Å². The van der Waals surface area contributed by atoms with Crippen LogP contribution in [0.25, 0.3) is 0 Å². The highest BCUT2D eigenvalue weighted by Gasteiger charge is 1.95. The number of rotatable bonds is 4. The molecule has 0 atom stereocenters. The van der Waals surface area contributed by atoms with Crippen LogP contribution in [-0.4, -0.2) is 22.1 Å². The van der Waals surface area contributed by atoms with E-state index in [0.29, 0.717) is 6.61 Å². The van der Waals surface area contributed by atoms with E-state index in [9.17, 15) is 0 Å². The summed E-state index contributed by atoms with van der Waals surface area (Å²) in [6.45, 7) is 3.55. The lowest BCUT2D eigenvalue weighted by Crippen LogP contribution is -1.97. The van der Waals surface area contributed by atoms with Gasteiger partial charge in [0.05, 0.1) is 19.0 Å². The molecular formula is C7H12N2OS. The van der Waals surface area contributed by atoms with E-state index in [0.717, 1.165) is 18.0 Å². The number of hydrogen-bond acceptors (Lipinski definition) is 3. The maximum atomic E-state index is 5.28. The van der Waals surface area contributed by atoms with Gasteiger partial charge in [0.15, 0.2) is 5.75 Å². The van der Waals surface area contributed by atoms with Gasteiger partial charge in [-0.25, -0.2) is 0 Å². The summed E-state index contributed by atoms with van der Waals surface area (Å²) >= 11 is 4.03. The summed E-state index contributed by atoms with van der Waals surface area (Å²) in [5.41, 5.74) is 0. The van der Waals surface area contributed by atoms with Crippen LogP contribution < -0.4 is 4.74 Å². The zero-order valence-electron chi connectivity index (χ0n) is 6.53. The Labute approximate surface area is 71.8 Å². The molecule has 1 rings (SSSR count). The Morgan fingerprint density at radius 1 is 1.73 bits per heavy atom. The Kier molecular flexibility index (Phi) is 3.29. The standard InChI is InChI=1S/C7H12N2OS/c1-2-9-6-7(5-8-9)10-3-4-11/h5-6,11H,2-4H2,1H3. The van der Waals surface area contributed by atoms with Crippen molar-refractivity contribution in [3.05, 3.63) is 12.4 Å². The SMILES string of the molecule is CCn1cc(OCCS)cn1. The van der Waals surface area contributed by atoms with Gasteiger partial charge in [0.2, 0.25) is 0 Å². The van der Waals surface area contributed by atoms with Crippen molar-refractivity contribution in [1.82, 2.24) is 9.78 Å². The number of aryl methyl sites for hydroxylation is 1. The molecule has 0 bridgehead atoms. The van der Waals surface area contributed by atoms with Crippen LogP contribution in [0.3, 0.4) is 0 Å². The molecule has 11 heavy (non-hydrogen) atoms. The first-order chi connectivity index (χ1) is 5.36. The van der Waals surface area contributed by atoms with Crippen LogP contribution in [-0.2, 0) is 6.54 Å². The van der Waals surface area contributed by atoms with Crippen molar-refractivity contribution in [2.24, 2.45) is 0 Å². The summed E-state index contributed by atoms with van der Waals surface area (Å²) in [4.78, 5) is 0. The molecule has 0 aliphatic rings. The van der Waals surface area contributed by atoms with Crippen molar-refractivity contribution < 1.29 is 4.74 Å². The van der Waals surface area contributed by atoms with Crippen molar-refractivity contribution in [3.63, 3.8) is 0 Å². The molecule has 4 heteroatoms. The maximum Gasteiger partial charge on any atom is 0.157 e. The third-order valence-corrected chi connectivity index (χ3v) is 1.48. The molecule has 3 nitrogen and oxygen atoms in total. The van der Waals surface area contributed by atoms with E-state index in [1.807, 2.05) is 17.8 Å². The molecule has 0 aliphatic carbocycles. The molecule has 0 fully saturated rings. The van der Waals surface area contributed by atoms with Gasteiger partial charge in [-0.1, -0.05) is 0 Å². The third-order valence-electron chi connectivity index (χ3n) is 1.29. The molecule has 0 saturated heterocycles. The summed E-state index contributed by atoms with van der Waals surface area (Å²) in [7, 11) is 0. The Morgan fingerprint density at radius 3 is 3.09 bits per heavy atom. The minimum atomic E-state index is 0.637. The molecular weight excluding hydrogens is 160 g/mol. The van der Waals surface area contributed by atoms with E-state index >= 15 is 0 Å². The van der Waals surface area contributed by atoms with Gasteiger partial charge >= 0.3 is 0 Å². The second-order valence-corrected chi connectivity index (χ2v) is 2.55. The van der Waals surface area contributed by atoms with Crippen molar-refractivity contribution in [1.29, 1.82) is 0 Å². The smallest absolute Gasteiger partial charge is 0.157 e. The topological polar surface area (TPSA) is 27.1 Å². The zero-order valence-corrected chi connectivity index (χ0v) is 7.42. The summed E-state index contributed by atoms with van der Waals surface area (Å²) in [6.07, 6.45) is 3.59. The highest BCUT2D eigenvalue weighted by molar-refractivity contribution is 7.80. The lowest BCUT2D eigenvalue weighted by atomic mass is 10.6. The second kappa shape index (κ2) is 4.28. The quantitative estimate of drug-likeness (QED) is 0.691. The van der Waals surface area contributed by atoms with E-state index < -0.39 is 0 Å². The summed E-state index contributed by atoms with van der Waals surface area (Å²) < 4.78 is 7.11. The first-order valence-corrected chi connectivity index (χ1v) is 4.26. The fourth-order valence-corrected chi connectivity index (χ4v) is 0.847. The third kappa shape index (κ3) is 2.46. The number of aromatic nitrogens is 2. The normalized spacial score (nSPS) is 10.0. The van der Waals surface area contributed by atoms with Crippen LogP contribution in [0.5, 0.6) is 5.75 Å². The molecule has 0 aliphatic heterocycles. The van der Waals surface area contributed by atoms with Crippen LogP contribution in [0.15, 0.2) is 12.4 Å².